The lowest BCUT2D eigenvalue weighted by molar-refractivity contribution is -0.139. The summed E-state index contributed by atoms with van der Waals surface area (Å²) in [6, 6.07) is 1.69. The van der Waals surface area contributed by atoms with Gasteiger partial charge in [0, 0.05) is 11.6 Å². The zero-order chi connectivity index (χ0) is 15.8. The predicted octanol–water partition coefficient (Wildman–Crippen LogP) is 4.08. The third-order valence-electron chi connectivity index (χ3n) is 2.81. The molecule has 1 rings (SSSR count). The number of hydrogen-bond acceptors (Lipinski definition) is 3. The molecule has 0 amide bonds. The van der Waals surface area contributed by atoms with Gasteiger partial charge in [-0.2, -0.15) is 18.4 Å². The molecule has 6 heteroatoms. The van der Waals surface area contributed by atoms with Crippen molar-refractivity contribution in [3.63, 3.8) is 0 Å². The Morgan fingerprint density at radius 2 is 1.70 bits per heavy atom. The second-order valence-corrected chi connectivity index (χ2v) is 6.69. The molecule has 0 aliphatic carbocycles. The van der Waals surface area contributed by atoms with Crippen molar-refractivity contribution in [1.29, 1.82) is 5.26 Å². The fourth-order valence-corrected chi connectivity index (χ4v) is 2.57. The third kappa shape index (κ3) is 3.92. The summed E-state index contributed by atoms with van der Waals surface area (Å²) in [6.45, 7) is 9.27. The van der Waals surface area contributed by atoms with Gasteiger partial charge >= 0.3 is 6.18 Å². The first kappa shape index (κ1) is 16.4. The molecule has 0 aromatic carbocycles. The quantitative estimate of drug-likeness (QED) is 0.822. The highest BCUT2D eigenvalue weighted by Crippen LogP contribution is 2.41. The molecule has 0 saturated heterocycles. The molecule has 1 heterocycles. The summed E-state index contributed by atoms with van der Waals surface area (Å²) in [5, 5.41) is 8.80. The van der Waals surface area contributed by atoms with Crippen LogP contribution in [-0.2, 0) is 11.6 Å². The lowest BCUT2D eigenvalue weighted by atomic mass is 9.73. The largest absolute Gasteiger partial charge is 0.419 e. The molecule has 0 bridgehead atoms. The van der Waals surface area contributed by atoms with E-state index in [2.05, 4.69) is 9.97 Å². The van der Waals surface area contributed by atoms with Crippen molar-refractivity contribution in [2.75, 3.05) is 0 Å². The summed E-state index contributed by atoms with van der Waals surface area (Å²) in [4.78, 5) is 7.26. The molecule has 3 nitrogen and oxygen atoms in total. The fraction of sp³-hybridized carbons (Fsp3) is 0.643. The first-order valence-electron chi connectivity index (χ1n) is 6.22. The predicted molar refractivity (Wildman–Crippen MR) is 68.8 cm³/mol. The summed E-state index contributed by atoms with van der Waals surface area (Å²) >= 11 is 0. The normalized spacial score (nSPS) is 13.2. The number of alkyl halides is 3. The molecule has 0 saturated carbocycles. The first-order chi connectivity index (χ1) is 8.87. The van der Waals surface area contributed by atoms with E-state index in [1.165, 1.54) is 0 Å². The molecule has 0 spiro atoms. The van der Waals surface area contributed by atoms with Crippen LogP contribution < -0.4 is 0 Å². The molecule has 0 fully saturated rings. The van der Waals surface area contributed by atoms with Crippen LogP contribution in [0, 0.1) is 16.7 Å². The molecule has 1 aromatic rings. The minimum Gasteiger partial charge on any atom is -0.227 e. The van der Waals surface area contributed by atoms with E-state index in [4.69, 9.17) is 5.26 Å². The molecule has 0 aliphatic rings. The Labute approximate surface area is 116 Å². The van der Waals surface area contributed by atoms with Gasteiger partial charge in [-0.3, -0.25) is 0 Å². The number of halogens is 3. The van der Waals surface area contributed by atoms with Gasteiger partial charge in [-0.15, -0.1) is 0 Å². The topological polar surface area (TPSA) is 49.6 Å². The maximum absolute atomic E-state index is 13.1. The minimum absolute atomic E-state index is 0.119. The lowest BCUT2D eigenvalue weighted by Gasteiger charge is -2.33. The minimum atomic E-state index is -4.53. The van der Waals surface area contributed by atoms with Crippen LogP contribution in [0.25, 0.3) is 0 Å². The van der Waals surface area contributed by atoms with Crippen LogP contribution in [0.4, 0.5) is 13.2 Å². The smallest absolute Gasteiger partial charge is 0.227 e. The number of hydrogen-bond donors (Lipinski definition) is 0. The number of nitriles is 1. The number of rotatable bonds is 2. The monoisotopic (exact) mass is 285 g/mol. The maximum atomic E-state index is 13.1. The van der Waals surface area contributed by atoms with Gasteiger partial charge in [0.15, 0.2) is 0 Å². The van der Waals surface area contributed by atoms with E-state index in [9.17, 15) is 13.2 Å². The van der Waals surface area contributed by atoms with Crippen LogP contribution in [0.5, 0.6) is 0 Å². The van der Waals surface area contributed by atoms with Gasteiger partial charge in [0.05, 0.1) is 11.3 Å². The first-order valence-corrected chi connectivity index (χ1v) is 6.22. The zero-order valence-electron chi connectivity index (χ0n) is 12.3. The number of nitrogens with zero attached hydrogens (tertiary/aromatic N) is 3. The Morgan fingerprint density at radius 3 is 2.10 bits per heavy atom. The Hall–Kier alpha value is -1.64. The molecule has 0 unspecified atom stereocenters. The Balaban J connectivity index is 3.44. The van der Waals surface area contributed by atoms with Crippen LogP contribution in [0.2, 0.25) is 0 Å². The van der Waals surface area contributed by atoms with Gasteiger partial charge in [-0.1, -0.05) is 34.6 Å². The highest BCUT2D eigenvalue weighted by atomic mass is 19.4. The van der Waals surface area contributed by atoms with Crippen LogP contribution in [-0.4, -0.2) is 9.97 Å². The molecular formula is C14H18F3N3. The average molecular weight is 285 g/mol. The summed E-state index contributed by atoms with van der Waals surface area (Å²) < 4.78 is 39.3. The zero-order valence-corrected chi connectivity index (χ0v) is 12.3. The molecular weight excluding hydrogens is 267 g/mol. The highest BCUT2D eigenvalue weighted by Gasteiger charge is 2.41. The van der Waals surface area contributed by atoms with E-state index in [1.54, 1.807) is 19.9 Å². The van der Waals surface area contributed by atoms with Gasteiger partial charge < -0.3 is 0 Å². The Kier molecular flexibility index (Phi) is 4.14. The van der Waals surface area contributed by atoms with Crippen molar-refractivity contribution in [2.45, 2.75) is 52.6 Å². The Morgan fingerprint density at radius 1 is 1.15 bits per heavy atom. The SMILES string of the molecule is CC(C)(C)CC(C)(C)c1nc(C#N)ncc1C(F)(F)F. The summed E-state index contributed by atoms with van der Waals surface area (Å²) in [6.07, 6.45) is -3.32. The maximum Gasteiger partial charge on any atom is 0.419 e. The summed E-state index contributed by atoms with van der Waals surface area (Å²) in [7, 11) is 0. The highest BCUT2D eigenvalue weighted by molar-refractivity contribution is 5.30. The van der Waals surface area contributed by atoms with Gasteiger partial charge in [0.2, 0.25) is 5.82 Å². The van der Waals surface area contributed by atoms with E-state index in [1.807, 2.05) is 20.8 Å². The van der Waals surface area contributed by atoms with E-state index in [-0.39, 0.29) is 16.9 Å². The third-order valence-corrected chi connectivity index (χ3v) is 2.81. The van der Waals surface area contributed by atoms with Crippen molar-refractivity contribution in [1.82, 2.24) is 9.97 Å². The van der Waals surface area contributed by atoms with Gasteiger partial charge in [-0.25, -0.2) is 9.97 Å². The molecule has 0 aliphatic heterocycles. The van der Waals surface area contributed by atoms with Gasteiger partial charge in [0.25, 0.3) is 0 Å². The average Bonchev–Trinajstić information content (AvgIpc) is 2.23. The van der Waals surface area contributed by atoms with E-state index >= 15 is 0 Å². The van der Waals surface area contributed by atoms with Crippen LogP contribution in [0.1, 0.15) is 58.1 Å². The van der Waals surface area contributed by atoms with Crippen molar-refractivity contribution in [3.05, 3.63) is 23.3 Å². The van der Waals surface area contributed by atoms with E-state index < -0.39 is 17.2 Å². The summed E-state index contributed by atoms with van der Waals surface area (Å²) in [5.74, 6) is -0.241. The van der Waals surface area contributed by atoms with Crippen molar-refractivity contribution < 1.29 is 13.2 Å². The standard InChI is InChI=1S/C14H18F3N3/c1-12(2,3)8-13(4,5)11-9(14(15,16)17)7-19-10(6-18)20-11/h7H,8H2,1-5H3. The number of aromatic nitrogens is 2. The fourth-order valence-electron chi connectivity index (χ4n) is 2.57. The van der Waals surface area contributed by atoms with Crippen LogP contribution in [0.3, 0.4) is 0 Å². The molecule has 0 N–H and O–H groups in total. The second kappa shape index (κ2) is 5.04. The molecule has 0 radical (unpaired) electrons. The van der Waals surface area contributed by atoms with E-state index in [0.29, 0.717) is 12.6 Å². The van der Waals surface area contributed by atoms with Crippen molar-refractivity contribution >= 4 is 0 Å². The molecule has 110 valence electrons. The molecule has 0 atom stereocenters. The molecule has 20 heavy (non-hydrogen) atoms. The van der Waals surface area contributed by atoms with Crippen LogP contribution >= 0.6 is 0 Å². The van der Waals surface area contributed by atoms with Crippen molar-refractivity contribution in [2.24, 2.45) is 5.41 Å². The van der Waals surface area contributed by atoms with E-state index in [0.717, 1.165) is 0 Å². The lowest BCUT2D eigenvalue weighted by Crippen LogP contribution is -2.30. The second-order valence-electron chi connectivity index (χ2n) is 6.69. The molecule has 1 aromatic heterocycles. The van der Waals surface area contributed by atoms with Gasteiger partial charge in [0.1, 0.15) is 6.07 Å². The summed E-state index contributed by atoms with van der Waals surface area (Å²) in [5.41, 5.74) is -1.96. The Bertz CT molecular complexity index is 534. The van der Waals surface area contributed by atoms with Crippen LogP contribution in [0.15, 0.2) is 6.20 Å². The van der Waals surface area contributed by atoms with Gasteiger partial charge in [-0.05, 0) is 11.8 Å². The van der Waals surface area contributed by atoms with Crippen molar-refractivity contribution in [3.8, 4) is 6.07 Å².